The second-order valence-electron chi connectivity index (χ2n) is 14.1. The van der Waals surface area contributed by atoms with Gasteiger partial charge in [-0.1, -0.05) is 59.1 Å². The highest BCUT2D eigenvalue weighted by Gasteiger charge is 2.71. The van der Waals surface area contributed by atoms with Crippen molar-refractivity contribution in [2.75, 3.05) is 17.5 Å². The summed E-state index contributed by atoms with van der Waals surface area (Å²) in [5.41, 5.74) is 0.327. The molecule has 0 unspecified atom stereocenters. The highest BCUT2D eigenvalue weighted by molar-refractivity contribution is 6.33. The maximum absolute atomic E-state index is 15.3. The van der Waals surface area contributed by atoms with Crippen molar-refractivity contribution in [3.8, 4) is 5.75 Å². The van der Waals surface area contributed by atoms with E-state index in [9.17, 15) is 37.1 Å². The summed E-state index contributed by atoms with van der Waals surface area (Å²) in [6, 6.07) is 16.3. The first kappa shape index (κ1) is 37.4. The van der Waals surface area contributed by atoms with Gasteiger partial charge in [0.05, 0.1) is 33.9 Å². The lowest BCUT2D eigenvalue weighted by atomic mass is 9.49. The topological polar surface area (TPSA) is 123 Å². The fraction of sp³-hybridized carbons (Fsp3) is 0.256. The molecule has 1 saturated carbocycles. The first-order valence-electron chi connectivity index (χ1n) is 17.2. The monoisotopic (exact) mass is 811 g/mol. The van der Waals surface area contributed by atoms with E-state index in [4.69, 9.17) is 23.2 Å². The van der Waals surface area contributed by atoms with Gasteiger partial charge in [0.15, 0.2) is 17.4 Å². The van der Waals surface area contributed by atoms with Gasteiger partial charge in [0, 0.05) is 23.6 Å². The number of phenols is 1. The largest absolute Gasteiger partial charge is 0.505 e. The Labute approximate surface area is 325 Å². The number of hydrazine groups is 2. The first-order valence-corrected chi connectivity index (χ1v) is 18.0. The van der Waals surface area contributed by atoms with Crippen LogP contribution in [0.3, 0.4) is 0 Å². The number of hydrogen-bond donors (Lipinski definition) is 2. The fourth-order valence-electron chi connectivity index (χ4n) is 8.95. The molecule has 3 heterocycles. The molecule has 2 aliphatic carbocycles. The standard InChI is InChI=1S/C39H28Cl2F5N5O5/c1-49(33-27(41)15-16-29(47-33)39(44,45)46)51-34(53)23-14-13-22-25(30(23)36(51)55)17-26-35(54)50(48-21-11-9-20(42)10-12-21)37(56)38(26,18-5-7-19(40)8-6-18)31(22)24-3-2-4-28(43)32(24)52/h2-13,15-16,23,25-26,30-31,48,52H,14,17H2,1H3/t23-,25+,26-,30-,31+,38+/m0/s1. The summed E-state index contributed by atoms with van der Waals surface area (Å²) < 4.78 is 70.1. The Balaban J connectivity index is 1.29. The van der Waals surface area contributed by atoms with E-state index in [-0.39, 0.29) is 34.7 Å². The second-order valence-corrected chi connectivity index (χ2v) is 14.9. The molecule has 56 heavy (non-hydrogen) atoms. The molecule has 4 amide bonds. The molecule has 3 fully saturated rings. The number of nitrogens with one attached hydrogen (secondary N) is 1. The Kier molecular flexibility index (Phi) is 8.88. The molecule has 2 N–H and O–H groups in total. The molecule has 17 heteroatoms. The molecule has 6 atom stereocenters. The number of benzene rings is 3. The van der Waals surface area contributed by atoms with E-state index >= 15 is 9.18 Å². The van der Waals surface area contributed by atoms with E-state index < -0.39 is 93.7 Å². The molecule has 8 rings (SSSR count). The van der Waals surface area contributed by atoms with E-state index in [1.54, 1.807) is 18.2 Å². The summed E-state index contributed by atoms with van der Waals surface area (Å²) in [7, 11) is 1.17. The predicted molar refractivity (Wildman–Crippen MR) is 192 cm³/mol. The van der Waals surface area contributed by atoms with E-state index in [0.29, 0.717) is 21.7 Å². The Morgan fingerprint density at radius 2 is 1.59 bits per heavy atom. The average molecular weight is 813 g/mol. The number of aromatic nitrogens is 1. The van der Waals surface area contributed by atoms with Crippen LogP contribution in [0.15, 0.2) is 90.5 Å². The smallest absolute Gasteiger partial charge is 0.433 e. The van der Waals surface area contributed by atoms with Gasteiger partial charge < -0.3 is 5.11 Å². The van der Waals surface area contributed by atoms with Gasteiger partial charge in [-0.3, -0.25) is 29.6 Å². The number of anilines is 2. The van der Waals surface area contributed by atoms with Gasteiger partial charge in [-0.15, -0.1) is 0 Å². The number of imide groups is 2. The van der Waals surface area contributed by atoms with Crippen molar-refractivity contribution in [1.82, 2.24) is 15.0 Å². The lowest BCUT2D eigenvalue weighted by molar-refractivity contribution is -0.142. The number of carbonyl (C=O) groups excluding carboxylic acids is 4. The number of carbonyl (C=O) groups is 4. The highest BCUT2D eigenvalue weighted by Crippen LogP contribution is 2.65. The SMILES string of the molecule is CN(c1nc(C(F)(F)F)ccc1Cl)N1C(=O)[C@H]2[C@H](CC=C3[C@H]2C[C@H]2C(=O)N(Nc4ccc(F)cc4)C(=O)[C@@]2(c2ccc(Cl)cc2)[C@H]3c2cccc(F)c2O)C1=O. The van der Waals surface area contributed by atoms with Crippen molar-refractivity contribution in [3.05, 3.63) is 129 Å². The zero-order valence-electron chi connectivity index (χ0n) is 28.9. The molecule has 3 aromatic carbocycles. The number of hydrogen-bond acceptors (Lipinski definition) is 8. The zero-order chi connectivity index (χ0) is 40.0. The van der Waals surface area contributed by atoms with Crippen LogP contribution in [0.1, 0.15) is 35.6 Å². The lowest BCUT2D eigenvalue weighted by Crippen LogP contribution is -2.53. The Morgan fingerprint density at radius 3 is 2.27 bits per heavy atom. The molecule has 288 valence electrons. The molecular weight excluding hydrogens is 784 g/mol. The van der Waals surface area contributed by atoms with Crippen LogP contribution >= 0.6 is 23.2 Å². The Hall–Kier alpha value is -5.54. The maximum atomic E-state index is 15.3. The minimum Gasteiger partial charge on any atom is -0.505 e. The van der Waals surface area contributed by atoms with E-state index in [0.717, 1.165) is 34.3 Å². The number of nitrogens with zero attached hydrogens (tertiary/aromatic N) is 4. The number of allylic oxidation sites excluding steroid dienone is 2. The Morgan fingerprint density at radius 1 is 0.893 bits per heavy atom. The van der Waals surface area contributed by atoms with Gasteiger partial charge in [0.2, 0.25) is 0 Å². The van der Waals surface area contributed by atoms with Crippen LogP contribution in [0.5, 0.6) is 5.75 Å². The summed E-state index contributed by atoms with van der Waals surface area (Å²) in [6.07, 6.45) is -3.52. The molecule has 0 radical (unpaired) electrons. The van der Waals surface area contributed by atoms with Crippen LogP contribution in [0.25, 0.3) is 0 Å². The molecule has 0 spiro atoms. The molecule has 0 bridgehead atoms. The normalized spacial score (nSPS) is 25.9. The van der Waals surface area contributed by atoms with Crippen LogP contribution < -0.4 is 10.4 Å². The van der Waals surface area contributed by atoms with Gasteiger partial charge in [-0.05, 0) is 78.9 Å². The average Bonchev–Trinajstić information content (AvgIpc) is 3.54. The van der Waals surface area contributed by atoms with Crippen LogP contribution in [0, 0.1) is 35.3 Å². The highest BCUT2D eigenvalue weighted by atomic mass is 35.5. The molecule has 4 aliphatic rings. The molecule has 4 aromatic rings. The van der Waals surface area contributed by atoms with Gasteiger partial charge in [0.1, 0.15) is 11.5 Å². The number of pyridine rings is 1. The number of para-hydroxylation sites is 1. The molecule has 2 aliphatic heterocycles. The number of halogens is 7. The van der Waals surface area contributed by atoms with Crippen LogP contribution in [0.2, 0.25) is 10.0 Å². The fourth-order valence-corrected chi connectivity index (χ4v) is 9.31. The third-order valence-electron chi connectivity index (χ3n) is 11.3. The van der Waals surface area contributed by atoms with E-state index in [2.05, 4.69) is 10.4 Å². The number of amides is 4. The quantitative estimate of drug-likeness (QED) is 0.117. The molecule has 10 nitrogen and oxygen atoms in total. The van der Waals surface area contributed by atoms with Gasteiger partial charge in [-0.2, -0.15) is 23.2 Å². The number of phenolic OH excluding ortho intramolecular Hbond substituents is 1. The van der Waals surface area contributed by atoms with Crippen molar-refractivity contribution < 1.29 is 46.2 Å². The first-order chi connectivity index (χ1) is 26.5. The van der Waals surface area contributed by atoms with Gasteiger partial charge >= 0.3 is 6.18 Å². The van der Waals surface area contributed by atoms with Crippen molar-refractivity contribution in [3.63, 3.8) is 0 Å². The summed E-state index contributed by atoms with van der Waals surface area (Å²) in [4.78, 5) is 62.1. The maximum Gasteiger partial charge on any atom is 0.433 e. The molecule has 1 aromatic heterocycles. The Bertz CT molecular complexity index is 2360. The zero-order valence-corrected chi connectivity index (χ0v) is 30.4. The van der Waals surface area contributed by atoms with Gasteiger partial charge in [-0.25, -0.2) is 13.8 Å². The van der Waals surface area contributed by atoms with E-state index in [1.807, 2.05) is 0 Å². The van der Waals surface area contributed by atoms with Crippen molar-refractivity contribution in [2.24, 2.45) is 23.7 Å². The van der Waals surface area contributed by atoms with Gasteiger partial charge in [0.25, 0.3) is 23.6 Å². The van der Waals surface area contributed by atoms with Crippen molar-refractivity contribution in [1.29, 1.82) is 0 Å². The molecule has 2 saturated heterocycles. The minimum absolute atomic E-state index is 0.0742. The predicted octanol–water partition coefficient (Wildman–Crippen LogP) is 7.43. The van der Waals surface area contributed by atoms with Crippen LogP contribution in [-0.2, 0) is 30.8 Å². The summed E-state index contributed by atoms with van der Waals surface area (Å²) in [5.74, 6) is -11.9. The molecular formula is C39H28Cl2F5N5O5. The third-order valence-corrected chi connectivity index (χ3v) is 11.8. The summed E-state index contributed by atoms with van der Waals surface area (Å²) in [6.45, 7) is 0. The third kappa shape index (κ3) is 5.53. The van der Waals surface area contributed by atoms with Crippen LogP contribution in [0.4, 0.5) is 33.5 Å². The lowest BCUT2D eigenvalue weighted by Gasteiger charge is -2.50. The summed E-state index contributed by atoms with van der Waals surface area (Å²) >= 11 is 12.5. The van der Waals surface area contributed by atoms with Crippen molar-refractivity contribution in [2.45, 2.75) is 30.4 Å². The number of aromatic hydroxyl groups is 1. The number of alkyl halides is 3. The second kappa shape index (κ2) is 13.3. The van der Waals surface area contributed by atoms with Crippen molar-refractivity contribution >= 4 is 58.3 Å². The summed E-state index contributed by atoms with van der Waals surface area (Å²) in [5, 5.41) is 13.7. The number of rotatable bonds is 6. The minimum atomic E-state index is -4.87. The van der Waals surface area contributed by atoms with E-state index in [1.165, 1.54) is 43.4 Å². The van der Waals surface area contributed by atoms with Crippen LogP contribution in [-0.4, -0.2) is 50.8 Å². The number of fused-ring (bicyclic) bond motifs is 4.